The number of nitrogens with one attached hydrogen (secondary N) is 1. The van der Waals surface area contributed by atoms with Gasteiger partial charge in [0.2, 0.25) is 0 Å². The highest BCUT2D eigenvalue weighted by Gasteiger charge is 2.11. The Morgan fingerprint density at radius 3 is 3.00 bits per heavy atom. The Kier molecular flexibility index (Phi) is 3.00. The number of rotatable bonds is 3. The summed E-state index contributed by atoms with van der Waals surface area (Å²) >= 11 is 1.52. The number of nitrogens with two attached hydrogens (primary N) is 1. The molecule has 0 aliphatic heterocycles. The van der Waals surface area contributed by atoms with Gasteiger partial charge in [-0.15, -0.1) is 11.3 Å². The van der Waals surface area contributed by atoms with Crippen molar-refractivity contribution < 1.29 is 4.39 Å². The number of hydrogen-bond acceptors (Lipinski definition) is 5. The van der Waals surface area contributed by atoms with E-state index in [0.717, 1.165) is 10.4 Å². The zero-order chi connectivity index (χ0) is 13.2. The van der Waals surface area contributed by atoms with E-state index < -0.39 is 5.82 Å². The van der Waals surface area contributed by atoms with Gasteiger partial charge in [0.1, 0.15) is 5.01 Å². The van der Waals surface area contributed by atoms with Crippen LogP contribution in [0.15, 0.2) is 36.0 Å². The molecule has 19 heavy (non-hydrogen) atoms. The number of nitrogens with zero attached hydrogens (tertiary/aromatic N) is 2. The molecule has 0 aliphatic rings. The van der Waals surface area contributed by atoms with Gasteiger partial charge in [0.25, 0.3) is 0 Å². The van der Waals surface area contributed by atoms with Crippen LogP contribution in [0.2, 0.25) is 0 Å². The minimum Gasteiger partial charge on any atom is -0.398 e. The van der Waals surface area contributed by atoms with E-state index >= 15 is 0 Å². The molecule has 0 atom stereocenters. The number of benzene rings is 1. The molecule has 96 valence electrons. The molecule has 4 nitrogen and oxygen atoms in total. The molecule has 0 spiro atoms. The lowest BCUT2D eigenvalue weighted by Crippen LogP contribution is -2.04. The first-order chi connectivity index (χ1) is 9.25. The molecule has 0 fully saturated rings. The fraction of sp³-hybridized carbons (Fsp3) is 0.0769. The zero-order valence-corrected chi connectivity index (χ0v) is 10.7. The molecule has 0 saturated heterocycles. The molecule has 1 aromatic carbocycles. The van der Waals surface area contributed by atoms with Crippen LogP contribution >= 0.6 is 11.3 Å². The monoisotopic (exact) mass is 274 g/mol. The Balaban J connectivity index is 2.02. The summed E-state index contributed by atoms with van der Waals surface area (Å²) in [6.45, 7) is 0.462. The van der Waals surface area contributed by atoms with E-state index in [-0.39, 0.29) is 0 Å². The molecule has 0 radical (unpaired) electrons. The quantitative estimate of drug-likeness (QED) is 0.721. The Labute approximate surface area is 113 Å². The van der Waals surface area contributed by atoms with Crippen molar-refractivity contribution in [3.8, 4) is 0 Å². The maximum Gasteiger partial charge on any atom is 0.150 e. The second kappa shape index (κ2) is 4.81. The summed E-state index contributed by atoms with van der Waals surface area (Å²) in [5.74, 6) is -0.403. The Hall–Kier alpha value is -2.21. The molecule has 3 N–H and O–H groups in total. The average Bonchev–Trinajstić information content (AvgIpc) is 2.92. The van der Waals surface area contributed by atoms with Gasteiger partial charge in [-0.1, -0.05) is 0 Å². The van der Waals surface area contributed by atoms with Crippen molar-refractivity contribution in [1.29, 1.82) is 0 Å². The van der Waals surface area contributed by atoms with E-state index in [9.17, 15) is 4.39 Å². The molecule has 0 bridgehead atoms. The molecule has 2 aromatic heterocycles. The number of aromatic nitrogens is 2. The highest BCUT2D eigenvalue weighted by atomic mass is 32.1. The first-order valence-electron chi connectivity index (χ1n) is 5.70. The fourth-order valence-electron chi connectivity index (χ4n) is 1.91. The smallest absolute Gasteiger partial charge is 0.150 e. The molecule has 2 heterocycles. The summed E-state index contributed by atoms with van der Waals surface area (Å²) < 4.78 is 14.0. The number of nitrogen functional groups attached to an aromatic ring is 1. The van der Waals surface area contributed by atoms with Crippen molar-refractivity contribution in [2.24, 2.45) is 0 Å². The van der Waals surface area contributed by atoms with Crippen LogP contribution in [0.4, 0.5) is 15.8 Å². The number of hydrogen-bond donors (Lipinski definition) is 2. The van der Waals surface area contributed by atoms with Crippen LogP contribution in [0.5, 0.6) is 0 Å². The summed E-state index contributed by atoms with van der Waals surface area (Å²) in [6, 6.07) is 4.92. The van der Waals surface area contributed by atoms with E-state index in [1.54, 1.807) is 18.5 Å². The molecule has 3 aromatic rings. The van der Waals surface area contributed by atoms with Gasteiger partial charge in [-0.2, -0.15) is 0 Å². The van der Waals surface area contributed by atoms with Crippen molar-refractivity contribution in [2.75, 3.05) is 11.1 Å². The van der Waals surface area contributed by atoms with Crippen molar-refractivity contribution in [1.82, 2.24) is 9.97 Å². The summed E-state index contributed by atoms with van der Waals surface area (Å²) in [4.78, 5) is 8.35. The van der Waals surface area contributed by atoms with E-state index in [1.807, 2.05) is 11.4 Å². The summed E-state index contributed by atoms with van der Waals surface area (Å²) in [7, 11) is 0. The number of halogens is 1. The van der Waals surface area contributed by atoms with Gasteiger partial charge in [-0.05, 0) is 18.2 Å². The number of thiazole rings is 1. The molecule has 0 amide bonds. The maximum atomic E-state index is 14.0. The number of pyridine rings is 1. The minimum absolute atomic E-state index is 0.361. The Morgan fingerprint density at radius 1 is 1.32 bits per heavy atom. The number of anilines is 2. The molecular formula is C13H11FN4S. The summed E-state index contributed by atoms with van der Waals surface area (Å²) in [5, 5.41) is 6.55. The predicted molar refractivity (Wildman–Crippen MR) is 75.6 cm³/mol. The van der Waals surface area contributed by atoms with Gasteiger partial charge < -0.3 is 11.1 Å². The third-order valence-electron chi connectivity index (χ3n) is 2.78. The van der Waals surface area contributed by atoms with E-state index in [4.69, 9.17) is 5.73 Å². The zero-order valence-electron chi connectivity index (χ0n) is 9.93. The standard InChI is InChI=1S/C13H11FN4S/c14-9-6-10(15)8-2-1-3-17-12(8)13(9)18-7-11-16-4-5-19-11/h1-6,18H,7,15H2. The lowest BCUT2D eigenvalue weighted by atomic mass is 10.1. The summed E-state index contributed by atoms with van der Waals surface area (Å²) in [6.07, 6.45) is 3.34. The minimum atomic E-state index is -0.403. The van der Waals surface area contributed by atoms with Crippen LogP contribution in [-0.2, 0) is 6.54 Å². The van der Waals surface area contributed by atoms with Gasteiger partial charge in [0.05, 0.1) is 17.7 Å². The summed E-state index contributed by atoms with van der Waals surface area (Å²) in [5.41, 5.74) is 7.09. The van der Waals surface area contributed by atoms with Crippen LogP contribution in [0.3, 0.4) is 0 Å². The third-order valence-corrected chi connectivity index (χ3v) is 3.56. The van der Waals surface area contributed by atoms with Crippen LogP contribution in [-0.4, -0.2) is 9.97 Å². The molecule has 6 heteroatoms. The van der Waals surface area contributed by atoms with Crippen LogP contribution < -0.4 is 11.1 Å². The van der Waals surface area contributed by atoms with Crippen molar-refractivity contribution >= 4 is 33.6 Å². The maximum absolute atomic E-state index is 14.0. The van der Waals surface area contributed by atoms with Crippen molar-refractivity contribution in [3.63, 3.8) is 0 Å². The largest absolute Gasteiger partial charge is 0.398 e. The van der Waals surface area contributed by atoms with E-state index in [0.29, 0.717) is 23.4 Å². The van der Waals surface area contributed by atoms with Gasteiger partial charge in [-0.25, -0.2) is 9.37 Å². The fourth-order valence-corrected chi connectivity index (χ4v) is 2.47. The van der Waals surface area contributed by atoms with Crippen molar-refractivity contribution in [2.45, 2.75) is 6.54 Å². The van der Waals surface area contributed by atoms with E-state index in [2.05, 4.69) is 15.3 Å². The lowest BCUT2D eigenvalue weighted by molar-refractivity contribution is 0.632. The molecule has 0 saturated carbocycles. The second-order valence-corrected chi connectivity index (χ2v) is 4.98. The molecule has 0 unspecified atom stereocenters. The predicted octanol–water partition coefficient (Wildman–Crippen LogP) is 3.02. The lowest BCUT2D eigenvalue weighted by Gasteiger charge is -2.10. The molecule has 0 aliphatic carbocycles. The second-order valence-electron chi connectivity index (χ2n) is 4.00. The van der Waals surface area contributed by atoms with Crippen LogP contribution in [0, 0.1) is 5.82 Å². The molecule has 3 rings (SSSR count). The van der Waals surface area contributed by atoms with Gasteiger partial charge in [0.15, 0.2) is 5.82 Å². The number of fused-ring (bicyclic) bond motifs is 1. The normalized spacial score (nSPS) is 10.8. The SMILES string of the molecule is Nc1cc(F)c(NCc2nccs2)c2ncccc12. The topological polar surface area (TPSA) is 63.8 Å². The highest BCUT2D eigenvalue weighted by Crippen LogP contribution is 2.29. The Morgan fingerprint density at radius 2 is 2.21 bits per heavy atom. The van der Waals surface area contributed by atoms with Crippen molar-refractivity contribution in [3.05, 3.63) is 46.8 Å². The van der Waals surface area contributed by atoms with E-state index in [1.165, 1.54) is 17.4 Å². The van der Waals surface area contributed by atoms with Gasteiger partial charge in [-0.3, -0.25) is 4.98 Å². The first kappa shape index (κ1) is 11.9. The van der Waals surface area contributed by atoms with Crippen LogP contribution in [0.1, 0.15) is 5.01 Å². The molecular weight excluding hydrogens is 263 g/mol. The van der Waals surface area contributed by atoms with Crippen LogP contribution in [0.25, 0.3) is 10.9 Å². The van der Waals surface area contributed by atoms with Gasteiger partial charge in [0, 0.05) is 28.8 Å². The third kappa shape index (κ3) is 2.22. The highest BCUT2D eigenvalue weighted by molar-refractivity contribution is 7.09. The average molecular weight is 274 g/mol. The Bertz CT molecular complexity index is 712. The first-order valence-corrected chi connectivity index (χ1v) is 6.58. The van der Waals surface area contributed by atoms with Gasteiger partial charge >= 0.3 is 0 Å².